The summed E-state index contributed by atoms with van der Waals surface area (Å²) >= 11 is 0. The molecule has 0 bridgehead atoms. The predicted molar refractivity (Wildman–Crippen MR) is 76.4 cm³/mol. The van der Waals surface area contributed by atoms with Gasteiger partial charge in [-0.15, -0.1) is 6.58 Å². The molecule has 0 aliphatic rings. The number of rotatable bonds is 8. The fraction of sp³-hybridized carbons (Fsp3) is 0.467. The summed E-state index contributed by atoms with van der Waals surface area (Å²) in [4.78, 5) is 2.02. The van der Waals surface area contributed by atoms with E-state index in [1.165, 1.54) is 7.11 Å². The van der Waals surface area contributed by atoms with E-state index in [0.717, 1.165) is 18.4 Å². The lowest BCUT2D eigenvalue weighted by Gasteiger charge is -2.20. The number of aliphatic hydroxyl groups is 1. The molecule has 0 saturated carbocycles. The van der Waals surface area contributed by atoms with Gasteiger partial charge in [0.05, 0.1) is 13.2 Å². The van der Waals surface area contributed by atoms with Gasteiger partial charge in [0.15, 0.2) is 11.5 Å². The number of benzene rings is 1. The van der Waals surface area contributed by atoms with Crippen molar-refractivity contribution in [1.29, 1.82) is 0 Å². The van der Waals surface area contributed by atoms with Gasteiger partial charge in [-0.1, -0.05) is 12.1 Å². The van der Waals surface area contributed by atoms with Crippen molar-refractivity contribution >= 4 is 0 Å². The highest BCUT2D eigenvalue weighted by molar-refractivity contribution is 5.41. The summed E-state index contributed by atoms with van der Waals surface area (Å²) in [6, 6.07) is 5.34. The van der Waals surface area contributed by atoms with Crippen LogP contribution in [0.3, 0.4) is 0 Å². The summed E-state index contributed by atoms with van der Waals surface area (Å²) in [5.41, 5.74) is 0.983. The molecule has 2 N–H and O–H groups in total. The van der Waals surface area contributed by atoms with Crippen LogP contribution in [0.15, 0.2) is 30.9 Å². The molecule has 0 spiro atoms. The fourth-order valence-corrected chi connectivity index (χ4v) is 1.97. The van der Waals surface area contributed by atoms with Crippen molar-refractivity contribution in [2.75, 3.05) is 20.7 Å². The Morgan fingerprint density at radius 3 is 2.79 bits per heavy atom. The largest absolute Gasteiger partial charge is 0.504 e. The summed E-state index contributed by atoms with van der Waals surface area (Å²) in [5.74, 6) is 0.609. The SMILES string of the molecule is C=CCCC(O)CN(C)Cc1ccc(OC)c(O)c1. The molecule has 0 radical (unpaired) electrons. The highest BCUT2D eigenvalue weighted by atomic mass is 16.5. The van der Waals surface area contributed by atoms with Gasteiger partial charge in [-0.25, -0.2) is 0 Å². The first-order chi connectivity index (χ1) is 9.06. The topological polar surface area (TPSA) is 52.9 Å². The molecule has 0 aromatic heterocycles. The minimum atomic E-state index is -0.352. The minimum Gasteiger partial charge on any atom is -0.504 e. The lowest BCUT2D eigenvalue weighted by atomic mass is 10.1. The van der Waals surface area contributed by atoms with Crippen molar-refractivity contribution in [1.82, 2.24) is 4.90 Å². The van der Waals surface area contributed by atoms with Crippen LogP contribution in [0.5, 0.6) is 11.5 Å². The minimum absolute atomic E-state index is 0.139. The number of aromatic hydroxyl groups is 1. The number of nitrogens with zero attached hydrogens (tertiary/aromatic N) is 1. The van der Waals surface area contributed by atoms with Gasteiger partial charge in [0.25, 0.3) is 0 Å². The Hall–Kier alpha value is -1.52. The standard InChI is InChI=1S/C15H23NO3/c1-4-5-6-13(17)11-16(2)10-12-7-8-15(19-3)14(18)9-12/h4,7-9,13,17-18H,1,5-6,10-11H2,2-3H3. The predicted octanol–water partition coefficient (Wildman–Crippen LogP) is 2.16. The summed E-state index contributed by atoms with van der Waals surface area (Å²) < 4.78 is 5.00. The highest BCUT2D eigenvalue weighted by Crippen LogP contribution is 2.26. The molecule has 1 unspecified atom stereocenters. The maximum Gasteiger partial charge on any atom is 0.160 e. The lowest BCUT2D eigenvalue weighted by molar-refractivity contribution is 0.116. The Kier molecular flexibility index (Phi) is 6.39. The van der Waals surface area contributed by atoms with Crippen LogP contribution in [0.2, 0.25) is 0 Å². The van der Waals surface area contributed by atoms with Crippen molar-refractivity contribution in [3.8, 4) is 11.5 Å². The number of ether oxygens (including phenoxy) is 1. The van der Waals surface area contributed by atoms with Gasteiger partial charge in [-0.2, -0.15) is 0 Å². The molecule has 106 valence electrons. The van der Waals surface area contributed by atoms with Gasteiger partial charge in [-0.3, -0.25) is 4.90 Å². The number of hydrogen-bond acceptors (Lipinski definition) is 4. The summed E-state index contributed by atoms with van der Waals surface area (Å²) in [5, 5.41) is 19.5. The second-order valence-electron chi connectivity index (χ2n) is 4.72. The van der Waals surface area contributed by atoms with Crippen LogP contribution in [0.25, 0.3) is 0 Å². The molecule has 1 aromatic carbocycles. The number of phenols is 1. The molecule has 0 amide bonds. The van der Waals surface area contributed by atoms with Crippen LogP contribution in [-0.4, -0.2) is 41.9 Å². The van der Waals surface area contributed by atoms with Crippen LogP contribution >= 0.6 is 0 Å². The molecule has 1 atom stereocenters. The number of allylic oxidation sites excluding steroid dienone is 1. The molecule has 1 aromatic rings. The molecular formula is C15H23NO3. The lowest BCUT2D eigenvalue weighted by Crippen LogP contribution is -2.28. The molecule has 1 rings (SSSR count). The van der Waals surface area contributed by atoms with E-state index in [2.05, 4.69) is 6.58 Å². The Balaban J connectivity index is 2.49. The van der Waals surface area contributed by atoms with E-state index in [1.807, 2.05) is 24.1 Å². The molecule has 0 heterocycles. The smallest absolute Gasteiger partial charge is 0.160 e. The normalized spacial score (nSPS) is 12.4. The molecule has 0 fully saturated rings. The van der Waals surface area contributed by atoms with Crippen LogP contribution in [0.1, 0.15) is 18.4 Å². The first-order valence-corrected chi connectivity index (χ1v) is 6.40. The van der Waals surface area contributed by atoms with Crippen LogP contribution in [0, 0.1) is 0 Å². The molecule has 0 aliphatic heterocycles. The quantitative estimate of drug-likeness (QED) is 0.707. The molecule has 19 heavy (non-hydrogen) atoms. The van der Waals surface area contributed by atoms with Gasteiger partial charge in [0.1, 0.15) is 0 Å². The third-order valence-electron chi connectivity index (χ3n) is 2.92. The van der Waals surface area contributed by atoms with E-state index in [9.17, 15) is 10.2 Å². The van der Waals surface area contributed by atoms with E-state index in [-0.39, 0.29) is 11.9 Å². The Labute approximate surface area is 114 Å². The summed E-state index contributed by atoms with van der Waals surface area (Å²) in [6.07, 6.45) is 3.00. The first kappa shape index (κ1) is 15.5. The number of phenolic OH excluding ortho intramolecular Hbond substituents is 1. The zero-order valence-electron chi connectivity index (χ0n) is 11.7. The van der Waals surface area contributed by atoms with Crippen molar-refractivity contribution in [3.05, 3.63) is 36.4 Å². The number of methoxy groups -OCH3 is 1. The monoisotopic (exact) mass is 265 g/mol. The molecule has 4 heteroatoms. The Morgan fingerprint density at radius 1 is 1.47 bits per heavy atom. The van der Waals surface area contributed by atoms with Gasteiger partial charge in [0.2, 0.25) is 0 Å². The second-order valence-corrected chi connectivity index (χ2v) is 4.72. The fourth-order valence-electron chi connectivity index (χ4n) is 1.97. The van der Waals surface area contributed by atoms with E-state index < -0.39 is 0 Å². The average Bonchev–Trinajstić information content (AvgIpc) is 2.36. The van der Waals surface area contributed by atoms with E-state index in [1.54, 1.807) is 12.1 Å². The first-order valence-electron chi connectivity index (χ1n) is 6.40. The number of hydrogen-bond donors (Lipinski definition) is 2. The van der Waals surface area contributed by atoms with Crippen molar-refractivity contribution < 1.29 is 14.9 Å². The van der Waals surface area contributed by atoms with Gasteiger partial charge in [0, 0.05) is 13.1 Å². The van der Waals surface area contributed by atoms with Gasteiger partial charge < -0.3 is 14.9 Å². The van der Waals surface area contributed by atoms with Crippen molar-refractivity contribution in [3.63, 3.8) is 0 Å². The van der Waals surface area contributed by atoms with E-state index in [0.29, 0.717) is 18.8 Å². The van der Waals surface area contributed by atoms with Crippen molar-refractivity contribution in [2.24, 2.45) is 0 Å². The third-order valence-corrected chi connectivity index (χ3v) is 2.92. The van der Waals surface area contributed by atoms with Crippen LogP contribution in [-0.2, 0) is 6.54 Å². The number of likely N-dealkylation sites (N-methyl/N-ethyl adjacent to an activating group) is 1. The van der Waals surface area contributed by atoms with Crippen molar-refractivity contribution in [2.45, 2.75) is 25.5 Å². The average molecular weight is 265 g/mol. The maximum absolute atomic E-state index is 9.81. The van der Waals surface area contributed by atoms with Crippen LogP contribution < -0.4 is 4.74 Å². The van der Waals surface area contributed by atoms with E-state index >= 15 is 0 Å². The Bertz CT molecular complexity index is 406. The molecule has 0 saturated heterocycles. The van der Waals surface area contributed by atoms with Crippen LogP contribution in [0.4, 0.5) is 0 Å². The summed E-state index contributed by atoms with van der Waals surface area (Å²) in [7, 11) is 3.47. The third kappa shape index (κ3) is 5.32. The highest BCUT2D eigenvalue weighted by Gasteiger charge is 2.09. The zero-order valence-corrected chi connectivity index (χ0v) is 11.7. The zero-order chi connectivity index (χ0) is 14.3. The van der Waals surface area contributed by atoms with E-state index in [4.69, 9.17) is 4.74 Å². The second kappa shape index (κ2) is 7.81. The van der Waals surface area contributed by atoms with Gasteiger partial charge >= 0.3 is 0 Å². The Morgan fingerprint density at radius 2 is 2.21 bits per heavy atom. The summed E-state index contributed by atoms with van der Waals surface area (Å²) in [6.45, 7) is 4.91. The van der Waals surface area contributed by atoms with Gasteiger partial charge in [-0.05, 0) is 37.6 Å². The number of aliphatic hydroxyl groups excluding tert-OH is 1. The molecule has 4 nitrogen and oxygen atoms in total. The molecule has 0 aliphatic carbocycles. The molecular weight excluding hydrogens is 242 g/mol. The maximum atomic E-state index is 9.81.